The Hall–Kier alpha value is -1.10. The number of hydrogen-bond acceptors (Lipinski definition) is 3. The maximum Gasteiger partial charge on any atom is 0.280 e. The summed E-state index contributed by atoms with van der Waals surface area (Å²) in [6.07, 6.45) is 7.88. The highest BCUT2D eigenvalue weighted by Crippen LogP contribution is 2.20. The summed E-state index contributed by atoms with van der Waals surface area (Å²) in [5.74, 6) is 0. The topological polar surface area (TPSA) is 57.8 Å². The lowest BCUT2D eigenvalue weighted by Gasteiger charge is -2.13. The van der Waals surface area contributed by atoms with E-state index in [-0.39, 0.29) is 5.56 Å². The number of nitrogens with zero attached hydrogens (tertiary/aromatic N) is 1. The van der Waals surface area contributed by atoms with Crippen LogP contribution in [0.25, 0.3) is 0 Å². The van der Waals surface area contributed by atoms with Crippen LogP contribution in [0, 0.1) is 0 Å². The van der Waals surface area contributed by atoms with E-state index in [1.807, 2.05) is 0 Å². The summed E-state index contributed by atoms with van der Waals surface area (Å²) in [6.45, 7) is 0. The molecule has 0 amide bonds. The lowest BCUT2D eigenvalue weighted by molar-refractivity contribution is 0.782. The average molecular weight is 256 g/mol. The van der Waals surface area contributed by atoms with Crippen molar-refractivity contribution < 1.29 is 0 Å². The van der Waals surface area contributed by atoms with Crippen molar-refractivity contribution in [3.63, 3.8) is 0 Å². The zero-order valence-electron chi connectivity index (χ0n) is 7.46. The summed E-state index contributed by atoms with van der Waals surface area (Å²) < 4.78 is 0.513. The first-order chi connectivity index (χ1) is 6.77. The fourth-order valence-corrected chi connectivity index (χ4v) is 1.74. The van der Waals surface area contributed by atoms with E-state index in [4.69, 9.17) is 0 Å². The van der Waals surface area contributed by atoms with Crippen LogP contribution in [0.5, 0.6) is 0 Å². The SMILES string of the molecule is O=c1[nH]ncc(NC2CC=CC2)c1Br. The molecule has 0 atom stereocenters. The normalized spacial score (nSPS) is 16.1. The third-order valence-electron chi connectivity index (χ3n) is 2.16. The minimum Gasteiger partial charge on any atom is -0.379 e. The van der Waals surface area contributed by atoms with Crippen LogP contribution in [-0.2, 0) is 0 Å². The van der Waals surface area contributed by atoms with Crippen molar-refractivity contribution in [2.75, 3.05) is 5.32 Å². The van der Waals surface area contributed by atoms with Crippen LogP contribution in [0.1, 0.15) is 12.8 Å². The van der Waals surface area contributed by atoms with Crippen molar-refractivity contribution in [2.24, 2.45) is 0 Å². The number of nitrogens with one attached hydrogen (secondary N) is 2. The van der Waals surface area contributed by atoms with Crippen molar-refractivity contribution >= 4 is 21.6 Å². The van der Waals surface area contributed by atoms with Gasteiger partial charge in [0.05, 0.1) is 11.9 Å². The largest absolute Gasteiger partial charge is 0.379 e. The maximum atomic E-state index is 11.2. The molecule has 1 heterocycles. The quantitative estimate of drug-likeness (QED) is 0.791. The second kappa shape index (κ2) is 3.96. The maximum absolute atomic E-state index is 11.2. The van der Waals surface area contributed by atoms with E-state index in [9.17, 15) is 4.79 Å². The van der Waals surface area contributed by atoms with Gasteiger partial charge in [0.15, 0.2) is 0 Å². The highest BCUT2D eigenvalue weighted by atomic mass is 79.9. The first-order valence-electron chi connectivity index (χ1n) is 4.42. The number of halogens is 1. The van der Waals surface area contributed by atoms with Gasteiger partial charge >= 0.3 is 0 Å². The van der Waals surface area contributed by atoms with Gasteiger partial charge < -0.3 is 5.32 Å². The zero-order chi connectivity index (χ0) is 9.97. The first-order valence-corrected chi connectivity index (χ1v) is 5.21. The molecule has 4 nitrogen and oxygen atoms in total. The van der Waals surface area contributed by atoms with Crippen molar-refractivity contribution in [3.05, 3.63) is 33.2 Å². The van der Waals surface area contributed by atoms with E-state index in [0.717, 1.165) is 18.5 Å². The monoisotopic (exact) mass is 255 g/mol. The van der Waals surface area contributed by atoms with Gasteiger partial charge in [-0.3, -0.25) is 4.79 Å². The van der Waals surface area contributed by atoms with Gasteiger partial charge in [-0.1, -0.05) is 12.2 Å². The van der Waals surface area contributed by atoms with Crippen LogP contribution in [0.4, 0.5) is 5.69 Å². The van der Waals surface area contributed by atoms with E-state index in [0.29, 0.717) is 10.5 Å². The fourth-order valence-electron chi connectivity index (χ4n) is 1.44. The number of hydrogen-bond donors (Lipinski definition) is 2. The Balaban J connectivity index is 2.16. The average Bonchev–Trinajstić information content (AvgIpc) is 2.66. The van der Waals surface area contributed by atoms with Gasteiger partial charge in [-0.25, -0.2) is 5.10 Å². The standard InChI is InChI=1S/C9H10BrN3O/c10-8-7(5-11-13-9(8)14)12-6-3-1-2-4-6/h1-2,5-6H,3-4H2,(H2,12,13,14). The third-order valence-corrected chi connectivity index (χ3v) is 2.95. The molecule has 0 spiro atoms. The number of H-pyrrole nitrogens is 1. The molecule has 0 bridgehead atoms. The lowest BCUT2D eigenvalue weighted by Crippen LogP contribution is -2.19. The number of aromatic nitrogens is 2. The molecule has 1 aromatic rings. The van der Waals surface area contributed by atoms with Crippen molar-refractivity contribution in [2.45, 2.75) is 18.9 Å². The molecule has 1 aliphatic rings. The van der Waals surface area contributed by atoms with E-state index in [1.54, 1.807) is 6.20 Å². The molecular formula is C9H10BrN3O. The molecule has 5 heteroatoms. The second-order valence-corrected chi connectivity index (χ2v) is 4.00. The predicted octanol–water partition coefficient (Wildman–Crippen LogP) is 1.66. The van der Waals surface area contributed by atoms with E-state index < -0.39 is 0 Å². The Labute approximate surface area is 89.5 Å². The summed E-state index contributed by atoms with van der Waals surface area (Å²) in [5, 5.41) is 9.35. The zero-order valence-corrected chi connectivity index (χ0v) is 9.04. The van der Waals surface area contributed by atoms with Crippen LogP contribution in [0.2, 0.25) is 0 Å². The van der Waals surface area contributed by atoms with Crippen LogP contribution in [-0.4, -0.2) is 16.2 Å². The molecule has 0 aliphatic heterocycles. The second-order valence-electron chi connectivity index (χ2n) is 3.21. The van der Waals surface area contributed by atoms with Gasteiger partial charge in [-0.2, -0.15) is 5.10 Å². The molecule has 2 rings (SSSR count). The Morgan fingerprint density at radius 3 is 2.93 bits per heavy atom. The van der Waals surface area contributed by atoms with E-state index in [2.05, 4.69) is 43.6 Å². The van der Waals surface area contributed by atoms with Gasteiger partial charge in [0.1, 0.15) is 4.47 Å². The highest BCUT2D eigenvalue weighted by molar-refractivity contribution is 9.10. The molecule has 0 aromatic carbocycles. The van der Waals surface area contributed by atoms with Crippen LogP contribution in [0.15, 0.2) is 27.6 Å². The van der Waals surface area contributed by atoms with Crippen LogP contribution in [0.3, 0.4) is 0 Å². The molecule has 0 saturated heterocycles. The molecule has 0 unspecified atom stereocenters. The van der Waals surface area contributed by atoms with Crippen molar-refractivity contribution in [3.8, 4) is 0 Å². The molecule has 1 aromatic heterocycles. The van der Waals surface area contributed by atoms with Crippen molar-refractivity contribution in [1.82, 2.24) is 10.2 Å². The molecule has 14 heavy (non-hydrogen) atoms. The molecular weight excluding hydrogens is 246 g/mol. The van der Waals surface area contributed by atoms with Gasteiger partial charge in [0.25, 0.3) is 5.56 Å². The summed E-state index contributed by atoms with van der Waals surface area (Å²) in [6, 6.07) is 0.384. The summed E-state index contributed by atoms with van der Waals surface area (Å²) in [5.41, 5.74) is 0.545. The summed E-state index contributed by atoms with van der Waals surface area (Å²) in [4.78, 5) is 11.2. The van der Waals surface area contributed by atoms with Crippen LogP contribution >= 0.6 is 15.9 Å². The Morgan fingerprint density at radius 2 is 2.21 bits per heavy atom. The third kappa shape index (κ3) is 1.87. The number of rotatable bonds is 2. The Kier molecular flexibility index (Phi) is 2.67. The van der Waals surface area contributed by atoms with Gasteiger partial charge in [0.2, 0.25) is 0 Å². The van der Waals surface area contributed by atoms with Crippen molar-refractivity contribution in [1.29, 1.82) is 0 Å². The Bertz CT molecular complexity index is 405. The molecule has 0 radical (unpaired) electrons. The highest BCUT2D eigenvalue weighted by Gasteiger charge is 2.12. The van der Waals surface area contributed by atoms with Gasteiger partial charge in [0, 0.05) is 6.04 Å². The molecule has 0 saturated carbocycles. The van der Waals surface area contributed by atoms with Gasteiger partial charge in [-0.05, 0) is 28.8 Å². The van der Waals surface area contributed by atoms with Gasteiger partial charge in [-0.15, -0.1) is 0 Å². The minimum absolute atomic E-state index is 0.207. The first kappa shape index (κ1) is 9.45. The van der Waals surface area contributed by atoms with Crippen LogP contribution < -0.4 is 10.9 Å². The number of aromatic amines is 1. The molecule has 0 fully saturated rings. The number of anilines is 1. The fraction of sp³-hybridized carbons (Fsp3) is 0.333. The smallest absolute Gasteiger partial charge is 0.280 e. The van der Waals surface area contributed by atoms with E-state index >= 15 is 0 Å². The summed E-state index contributed by atoms with van der Waals surface area (Å²) in [7, 11) is 0. The molecule has 2 N–H and O–H groups in total. The molecule has 1 aliphatic carbocycles. The van der Waals surface area contributed by atoms with E-state index in [1.165, 1.54) is 0 Å². The summed E-state index contributed by atoms with van der Waals surface area (Å²) >= 11 is 3.22. The Morgan fingerprint density at radius 1 is 1.50 bits per heavy atom. The predicted molar refractivity (Wildman–Crippen MR) is 58.3 cm³/mol. The molecule has 74 valence electrons. The lowest BCUT2D eigenvalue weighted by atomic mass is 10.2. The minimum atomic E-state index is -0.207.